The van der Waals surface area contributed by atoms with Crippen molar-refractivity contribution in [1.82, 2.24) is 0 Å². The van der Waals surface area contributed by atoms with Gasteiger partial charge in [0.05, 0.1) is 12.1 Å². The molecular weight excluding hydrogens is 178 g/mol. The summed E-state index contributed by atoms with van der Waals surface area (Å²) in [5.74, 6) is -1.81. The van der Waals surface area contributed by atoms with Crippen LogP contribution in [0, 0.1) is 5.92 Å². The summed E-state index contributed by atoms with van der Waals surface area (Å²) in [4.78, 5) is 10.5. The maximum absolute atomic E-state index is 10.5. The summed E-state index contributed by atoms with van der Waals surface area (Å²) >= 11 is 0. The molecule has 76 valence electrons. The van der Waals surface area contributed by atoms with Gasteiger partial charge in [0, 0.05) is 5.92 Å². The van der Waals surface area contributed by atoms with Crippen molar-refractivity contribution in [2.75, 3.05) is 0 Å². The first kappa shape index (κ1) is 10.4. The molecule has 0 bridgehead atoms. The topological polar surface area (TPSA) is 113 Å². The smallest absolute Gasteiger partial charge is 0.335 e. The zero-order valence-electron chi connectivity index (χ0n) is 7.12. The lowest BCUT2D eigenvalue weighted by Gasteiger charge is -2.38. The molecule has 1 heterocycles. The number of carbonyl (C=O) groups is 1. The van der Waals surface area contributed by atoms with E-state index < -0.39 is 36.4 Å². The van der Waals surface area contributed by atoms with Gasteiger partial charge in [0.15, 0.2) is 12.4 Å². The molecule has 6 heteroatoms. The Bertz CT molecular complexity index is 209. The minimum Gasteiger partial charge on any atom is -0.479 e. The van der Waals surface area contributed by atoms with Gasteiger partial charge in [-0.25, -0.2) is 4.79 Å². The number of ether oxygens (including phenoxy) is 1. The molecule has 1 saturated heterocycles. The standard InChI is InChI=1S/C7H13NO5/c1-2-3(8)7(12)13-5(4(2)9)6(10)11/h2-5,7,9,12H,8H2,1H3,(H,10,11)/t2-,3+,4-,5-,7+/m0/s1. The van der Waals surface area contributed by atoms with Gasteiger partial charge in [-0.1, -0.05) is 6.92 Å². The summed E-state index contributed by atoms with van der Waals surface area (Å²) in [6, 6.07) is -0.759. The molecule has 0 radical (unpaired) electrons. The second kappa shape index (κ2) is 3.59. The highest BCUT2D eigenvalue weighted by Gasteiger charge is 2.43. The number of hydrogen-bond acceptors (Lipinski definition) is 5. The maximum Gasteiger partial charge on any atom is 0.335 e. The number of aliphatic hydroxyl groups is 2. The third-order valence-electron chi connectivity index (χ3n) is 2.31. The van der Waals surface area contributed by atoms with Crippen LogP contribution in [0.5, 0.6) is 0 Å². The highest BCUT2D eigenvalue weighted by Crippen LogP contribution is 2.23. The molecule has 0 unspecified atom stereocenters. The second-order valence-corrected chi connectivity index (χ2v) is 3.21. The van der Waals surface area contributed by atoms with Gasteiger partial charge in [-0.3, -0.25) is 0 Å². The van der Waals surface area contributed by atoms with E-state index in [1.807, 2.05) is 0 Å². The molecule has 1 aliphatic heterocycles. The van der Waals surface area contributed by atoms with Gasteiger partial charge < -0.3 is 25.8 Å². The quantitative estimate of drug-likeness (QED) is 0.385. The van der Waals surface area contributed by atoms with Crippen molar-refractivity contribution < 1.29 is 24.9 Å². The molecule has 1 fully saturated rings. The SMILES string of the molecule is C[C@H]1[C@@H](N)[C@H](O)O[C@H](C(=O)O)[C@H]1O. The highest BCUT2D eigenvalue weighted by atomic mass is 16.6. The highest BCUT2D eigenvalue weighted by molar-refractivity contribution is 5.73. The fourth-order valence-electron chi connectivity index (χ4n) is 1.29. The lowest BCUT2D eigenvalue weighted by atomic mass is 9.89. The van der Waals surface area contributed by atoms with E-state index >= 15 is 0 Å². The third-order valence-corrected chi connectivity index (χ3v) is 2.31. The summed E-state index contributed by atoms with van der Waals surface area (Å²) in [5, 5.41) is 27.2. The molecule has 13 heavy (non-hydrogen) atoms. The van der Waals surface area contributed by atoms with Gasteiger partial charge in [-0.05, 0) is 0 Å². The van der Waals surface area contributed by atoms with E-state index in [2.05, 4.69) is 4.74 Å². The lowest BCUT2D eigenvalue weighted by molar-refractivity contribution is -0.231. The zero-order chi connectivity index (χ0) is 10.2. The van der Waals surface area contributed by atoms with Crippen LogP contribution in [0.1, 0.15) is 6.92 Å². The summed E-state index contributed by atoms with van der Waals surface area (Å²) < 4.78 is 4.62. The first-order valence-corrected chi connectivity index (χ1v) is 3.95. The minimum atomic E-state index is -1.40. The number of carboxylic acids is 1. The van der Waals surface area contributed by atoms with Gasteiger partial charge in [0.1, 0.15) is 0 Å². The molecule has 0 aromatic carbocycles. The molecule has 1 rings (SSSR count). The number of rotatable bonds is 1. The van der Waals surface area contributed by atoms with Gasteiger partial charge in [0.25, 0.3) is 0 Å². The van der Waals surface area contributed by atoms with E-state index in [4.69, 9.17) is 15.9 Å². The Balaban J connectivity index is 2.76. The lowest BCUT2D eigenvalue weighted by Crippen LogP contribution is -2.58. The Labute approximate surface area is 74.9 Å². The van der Waals surface area contributed by atoms with Crippen molar-refractivity contribution in [3.63, 3.8) is 0 Å². The van der Waals surface area contributed by atoms with Crippen molar-refractivity contribution in [3.05, 3.63) is 0 Å². The normalized spacial score (nSPS) is 46.0. The monoisotopic (exact) mass is 191 g/mol. The second-order valence-electron chi connectivity index (χ2n) is 3.21. The van der Waals surface area contributed by atoms with E-state index in [1.165, 1.54) is 0 Å². The van der Waals surface area contributed by atoms with Crippen molar-refractivity contribution in [2.24, 2.45) is 11.7 Å². The van der Waals surface area contributed by atoms with Crippen LogP contribution in [0.2, 0.25) is 0 Å². The largest absolute Gasteiger partial charge is 0.479 e. The van der Waals surface area contributed by atoms with Gasteiger partial charge in [-0.2, -0.15) is 0 Å². The molecule has 0 saturated carbocycles. The van der Waals surface area contributed by atoms with Crippen molar-refractivity contribution in [3.8, 4) is 0 Å². The first-order chi connectivity index (χ1) is 5.95. The molecule has 0 aromatic rings. The molecule has 5 N–H and O–H groups in total. The number of carboxylic acid groups (broad SMARTS) is 1. The van der Waals surface area contributed by atoms with Crippen LogP contribution >= 0.6 is 0 Å². The van der Waals surface area contributed by atoms with E-state index in [-0.39, 0.29) is 0 Å². The number of aliphatic hydroxyl groups excluding tert-OH is 2. The van der Waals surface area contributed by atoms with E-state index in [0.717, 1.165) is 0 Å². The van der Waals surface area contributed by atoms with Crippen LogP contribution in [-0.2, 0) is 9.53 Å². The molecule has 5 atom stereocenters. The molecule has 6 nitrogen and oxygen atoms in total. The molecular formula is C7H13NO5. The summed E-state index contributed by atoms with van der Waals surface area (Å²) in [6.45, 7) is 1.57. The van der Waals surface area contributed by atoms with Crippen molar-refractivity contribution in [1.29, 1.82) is 0 Å². The van der Waals surface area contributed by atoms with Crippen LogP contribution in [-0.4, -0.2) is 45.8 Å². The van der Waals surface area contributed by atoms with Crippen LogP contribution in [0.4, 0.5) is 0 Å². The predicted octanol–water partition coefficient (Wildman–Crippen LogP) is -1.89. The minimum absolute atomic E-state index is 0.509. The Hall–Kier alpha value is -0.690. The van der Waals surface area contributed by atoms with Gasteiger partial charge >= 0.3 is 5.97 Å². The predicted molar refractivity (Wildman–Crippen MR) is 41.7 cm³/mol. The van der Waals surface area contributed by atoms with Crippen LogP contribution in [0.15, 0.2) is 0 Å². The van der Waals surface area contributed by atoms with E-state index in [0.29, 0.717) is 0 Å². The van der Waals surface area contributed by atoms with Crippen LogP contribution in [0.25, 0.3) is 0 Å². The van der Waals surface area contributed by atoms with Crippen molar-refractivity contribution in [2.45, 2.75) is 31.5 Å². The average Bonchev–Trinajstić information content (AvgIpc) is 2.07. The number of hydrogen-bond donors (Lipinski definition) is 4. The average molecular weight is 191 g/mol. The molecule has 1 aliphatic rings. The van der Waals surface area contributed by atoms with Crippen LogP contribution in [0.3, 0.4) is 0 Å². The Morgan fingerprint density at radius 3 is 2.46 bits per heavy atom. The zero-order valence-corrected chi connectivity index (χ0v) is 7.12. The van der Waals surface area contributed by atoms with E-state index in [9.17, 15) is 9.90 Å². The summed E-state index contributed by atoms with van der Waals surface area (Å²) in [7, 11) is 0. The number of nitrogens with two attached hydrogens (primary N) is 1. The summed E-state index contributed by atoms with van der Waals surface area (Å²) in [6.07, 6.45) is -3.92. The molecule has 0 aliphatic carbocycles. The van der Waals surface area contributed by atoms with Gasteiger partial charge in [-0.15, -0.1) is 0 Å². The Morgan fingerprint density at radius 2 is 2.00 bits per heavy atom. The first-order valence-electron chi connectivity index (χ1n) is 3.95. The number of aliphatic carboxylic acids is 1. The Kier molecular flexibility index (Phi) is 2.87. The maximum atomic E-state index is 10.5. The third kappa shape index (κ3) is 1.80. The molecule has 0 aromatic heterocycles. The van der Waals surface area contributed by atoms with Crippen LogP contribution < -0.4 is 5.73 Å². The van der Waals surface area contributed by atoms with E-state index in [1.54, 1.807) is 6.92 Å². The fourth-order valence-corrected chi connectivity index (χ4v) is 1.29. The van der Waals surface area contributed by atoms with Gasteiger partial charge in [0.2, 0.25) is 0 Å². The summed E-state index contributed by atoms with van der Waals surface area (Å²) in [5.41, 5.74) is 5.45. The van der Waals surface area contributed by atoms with Crippen molar-refractivity contribution >= 4 is 5.97 Å². The fraction of sp³-hybridized carbons (Fsp3) is 0.857. The molecule has 0 amide bonds. The molecule has 0 spiro atoms. The Morgan fingerprint density at radius 1 is 1.46 bits per heavy atom.